The number of hydrogen-bond donors (Lipinski definition) is 3. The van der Waals surface area contributed by atoms with E-state index in [1.165, 1.54) is 25.1 Å². The Labute approximate surface area is 221 Å². The number of ether oxygens (including phenoxy) is 1. The molecule has 0 bridgehead atoms. The quantitative estimate of drug-likeness (QED) is 0.372. The van der Waals surface area contributed by atoms with E-state index in [0.717, 1.165) is 25.2 Å². The SMILES string of the molecule is CCCCN1CC(NC(=O)c2cccc(CNC(=O)C(CC)Oc3ncc(Cl)cc3Cl)c2)C1.O=CO. The monoisotopic (exact) mass is 538 g/mol. The van der Waals surface area contributed by atoms with Crippen LogP contribution in [-0.2, 0) is 16.1 Å². The lowest BCUT2D eigenvalue weighted by Gasteiger charge is -2.39. The van der Waals surface area contributed by atoms with Gasteiger partial charge in [0.2, 0.25) is 5.88 Å². The summed E-state index contributed by atoms with van der Waals surface area (Å²) in [7, 11) is 0. The molecule has 1 aliphatic rings. The Hall–Kier alpha value is -2.88. The van der Waals surface area contributed by atoms with Crippen LogP contribution in [0.15, 0.2) is 36.5 Å². The number of pyridine rings is 1. The summed E-state index contributed by atoms with van der Waals surface area (Å²) in [6, 6.07) is 8.96. The van der Waals surface area contributed by atoms with Crippen LogP contribution in [0.5, 0.6) is 5.88 Å². The minimum atomic E-state index is -0.753. The molecule has 2 aromatic rings. The number of carbonyl (C=O) groups excluding carboxylic acids is 2. The minimum absolute atomic E-state index is 0.0958. The first kappa shape index (κ1) is 29.4. The van der Waals surface area contributed by atoms with E-state index in [9.17, 15) is 9.59 Å². The Bertz CT molecular complexity index is 1020. The van der Waals surface area contributed by atoms with Gasteiger partial charge in [-0.05, 0) is 43.1 Å². The number of carboxylic acid groups (broad SMARTS) is 1. The van der Waals surface area contributed by atoms with Gasteiger partial charge in [0.1, 0.15) is 5.02 Å². The first-order valence-corrected chi connectivity index (χ1v) is 12.5. The van der Waals surface area contributed by atoms with Gasteiger partial charge in [-0.3, -0.25) is 19.3 Å². The van der Waals surface area contributed by atoms with E-state index in [1.54, 1.807) is 12.1 Å². The zero-order valence-corrected chi connectivity index (χ0v) is 21.9. The first-order valence-electron chi connectivity index (χ1n) is 11.8. The number of halogens is 2. The fourth-order valence-corrected chi connectivity index (χ4v) is 3.99. The topological polar surface area (TPSA) is 121 Å². The van der Waals surface area contributed by atoms with E-state index >= 15 is 0 Å². The highest BCUT2D eigenvalue weighted by Gasteiger charge is 2.27. The highest BCUT2D eigenvalue weighted by Crippen LogP contribution is 2.25. The third-order valence-corrected chi connectivity index (χ3v) is 5.94. The van der Waals surface area contributed by atoms with Gasteiger partial charge in [0.15, 0.2) is 6.10 Å². The molecule has 1 aromatic carbocycles. The molecule has 0 saturated carbocycles. The third kappa shape index (κ3) is 9.29. The Morgan fingerprint density at radius 3 is 2.64 bits per heavy atom. The van der Waals surface area contributed by atoms with Gasteiger partial charge in [-0.25, -0.2) is 4.98 Å². The number of carbonyl (C=O) groups is 3. The zero-order valence-electron chi connectivity index (χ0n) is 20.4. The largest absolute Gasteiger partial charge is 0.483 e. The molecule has 1 aliphatic heterocycles. The predicted octanol–water partition coefficient (Wildman–Crippen LogP) is 3.78. The lowest BCUT2D eigenvalue weighted by atomic mass is 10.1. The zero-order chi connectivity index (χ0) is 26.5. The Balaban J connectivity index is 0.00000145. The molecule has 1 saturated heterocycles. The van der Waals surface area contributed by atoms with Crippen molar-refractivity contribution < 1.29 is 24.2 Å². The fraction of sp³-hybridized carbons (Fsp3) is 0.440. The molecule has 196 valence electrons. The molecule has 36 heavy (non-hydrogen) atoms. The summed E-state index contributed by atoms with van der Waals surface area (Å²) in [4.78, 5) is 40.0. The molecule has 0 aliphatic carbocycles. The van der Waals surface area contributed by atoms with Crippen molar-refractivity contribution in [3.05, 3.63) is 57.7 Å². The Morgan fingerprint density at radius 1 is 1.28 bits per heavy atom. The third-order valence-electron chi connectivity index (χ3n) is 5.47. The Morgan fingerprint density at radius 2 is 2.00 bits per heavy atom. The van der Waals surface area contributed by atoms with Crippen molar-refractivity contribution in [2.24, 2.45) is 0 Å². The van der Waals surface area contributed by atoms with Crippen molar-refractivity contribution >= 4 is 41.5 Å². The number of benzene rings is 1. The summed E-state index contributed by atoms with van der Waals surface area (Å²) in [6.07, 6.45) is 3.45. The number of nitrogens with one attached hydrogen (secondary N) is 2. The van der Waals surface area contributed by atoms with Gasteiger partial charge < -0.3 is 20.5 Å². The van der Waals surface area contributed by atoms with Crippen molar-refractivity contribution in [1.29, 1.82) is 0 Å². The maximum atomic E-state index is 12.6. The molecule has 1 atom stereocenters. The van der Waals surface area contributed by atoms with E-state index in [4.69, 9.17) is 37.8 Å². The van der Waals surface area contributed by atoms with E-state index in [2.05, 4.69) is 27.4 Å². The van der Waals surface area contributed by atoms with E-state index in [-0.39, 0.29) is 41.8 Å². The number of rotatable bonds is 11. The lowest BCUT2D eigenvalue weighted by Crippen LogP contribution is -2.59. The van der Waals surface area contributed by atoms with Gasteiger partial charge in [-0.1, -0.05) is 55.6 Å². The minimum Gasteiger partial charge on any atom is -0.483 e. The second-order valence-corrected chi connectivity index (χ2v) is 9.11. The summed E-state index contributed by atoms with van der Waals surface area (Å²) >= 11 is 11.9. The molecular weight excluding hydrogens is 507 g/mol. The van der Waals surface area contributed by atoms with Crippen molar-refractivity contribution in [3.8, 4) is 5.88 Å². The van der Waals surface area contributed by atoms with Crippen molar-refractivity contribution in [1.82, 2.24) is 20.5 Å². The first-order chi connectivity index (χ1) is 17.3. The highest BCUT2D eigenvalue weighted by molar-refractivity contribution is 6.35. The average Bonchev–Trinajstić information content (AvgIpc) is 2.84. The second kappa shape index (κ2) is 15.3. The maximum absolute atomic E-state index is 12.6. The van der Waals surface area contributed by atoms with Crippen LogP contribution < -0.4 is 15.4 Å². The predicted molar refractivity (Wildman–Crippen MR) is 139 cm³/mol. The van der Waals surface area contributed by atoms with Crippen LogP contribution in [0.1, 0.15) is 49.0 Å². The molecule has 0 spiro atoms. The Kier molecular flexibility index (Phi) is 12.5. The van der Waals surface area contributed by atoms with Gasteiger partial charge in [-0.2, -0.15) is 0 Å². The maximum Gasteiger partial charge on any atom is 0.290 e. The van der Waals surface area contributed by atoms with Crippen LogP contribution >= 0.6 is 23.2 Å². The van der Waals surface area contributed by atoms with Crippen molar-refractivity contribution in [2.75, 3.05) is 19.6 Å². The van der Waals surface area contributed by atoms with Crippen LogP contribution in [0.3, 0.4) is 0 Å². The summed E-state index contributed by atoms with van der Waals surface area (Å²) in [5.74, 6) is -0.227. The molecule has 3 rings (SSSR count). The van der Waals surface area contributed by atoms with Crippen LogP contribution in [0, 0.1) is 0 Å². The number of unbranched alkanes of at least 4 members (excludes halogenated alkanes) is 1. The van der Waals surface area contributed by atoms with Crippen molar-refractivity contribution in [2.45, 2.75) is 51.8 Å². The van der Waals surface area contributed by atoms with Gasteiger partial charge in [0.25, 0.3) is 18.3 Å². The molecule has 3 N–H and O–H groups in total. The average molecular weight is 539 g/mol. The number of likely N-dealkylation sites (tertiary alicyclic amines) is 1. The molecule has 11 heteroatoms. The van der Waals surface area contributed by atoms with Crippen LogP contribution in [0.25, 0.3) is 0 Å². The summed E-state index contributed by atoms with van der Waals surface area (Å²) in [5, 5.41) is 13.5. The van der Waals surface area contributed by atoms with Crippen molar-refractivity contribution in [3.63, 3.8) is 0 Å². The van der Waals surface area contributed by atoms with Crippen LogP contribution in [0.4, 0.5) is 0 Å². The smallest absolute Gasteiger partial charge is 0.290 e. The van der Waals surface area contributed by atoms with E-state index in [0.29, 0.717) is 17.0 Å². The summed E-state index contributed by atoms with van der Waals surface area (Å²) in [5.41, 5.74) is 1.40. The molecule has 1 fully saturated rings. The number of aromatic nitrogens is 1. The molecule has 2 amide bonds. The highest BCUT2D eigenvalue weighted by atomic mass is 35.5. The van der Waals surface area contributed by atoms with Gasteiger partial charge in [0.05, 0.1) is 11.1 Å². The summed E-state index contributed by atoms with van der Waals surface area (Å²) in [6.45, 7) is 6.91. The lowest BCUT2D eigenvalue weighted by molar-refractivity contribution is -0.128. The normalized spacial score (nSPS) is 14.0. The molecule has 2 heterocycles. The van der Waals surface area contributed by atoms with E-state index < -0.39 is 6.10 Å². The molecule has 9 nitrogen and oxygen atoms in total. The number of amides is 2. The van der Waals surface area contributed by atoms with Crippen LogP contribution in [-0.4, -0.2) is 65.1 Å². The van der Waals surface area contributed by atoms with Gasteiger partial charge in [0, 0.05) is 31.4 Å². The molecular formula is C25H32Cl2N4O5. The number of hydrogen-bond acceptors (Lipinski definition) is 6. The van der Waals surface area contributed by atoms with Gasteiger partial charge >= 0.3 is 0 Å². The summed E-state index contributed by atoms with van der Waals surface area (Å²) < 4.78 is 5.68. The number of nitrogens with zero attached hydrogens (tertiary/aromatic N) is 2. The fourth-order valence-electron chi connectivity index (χ4n) is 3.57. The van der Waals surface area contributed by atoms with Gasteiger partial charge in [-0.15, -0.1) is 0 Å². The molecule has 0 radical (unpaired) electrons. The standard InChI is InChI=1S/C24H30Cl2N4O3.CH2O2/c1-3-5-9-30-14-19(15-30)29-22(31)17-8-6-7-16(10-17)12-27-23(32)21(4-2)33-24-20(26)11-18(25)13-28-24;2-1-3/h6-8,10-11,13,19,21H,3-5,9,12,14-15H2,1-2H3,(H,27,32)(H,29,31);1H,(H,2,3). The second-order valence-electron chi connectivity index (χ2n) is 8.26. The molecule has 1 unspecified atom stereocenters. The van der Waals surface area contributed by atoms with Crippen LogP contribution in [0.2, 0.25) is 10.0 Å². The molecule has 1 aromatic heterocycles. The van der Waals surface area contributed by atoms with E-state index in [1.807, 2.05) is 19.1 Å².